The second-order valence-electron chi connectivity index (χ2n) is 6.80. The number of unbranched alkanes of at least 4 members (excludes halogenated alkanes) is 1. The van der Waals surface area contributed by atoms with Gasteiger partial charge in [0.05, 0.1) is 0 Å². The van der Waals surface area contributed by atoms with E-state index in [0.29, 0.717) is 6.04 Å². The van der Waals surface area contributed by atoms with E-state index in [2.05, 4.69) is 81.2 Å². The van der Waals surface area contributed by atoms with Gasteiger partial charge in [-0.1, -0.05) is 24.3 Å². The molecular formula is C20H36N4. The zero-order valence-corrected chi connectivity index (χ0v) is 16.5. The standard InChI is InChI=1S/C20H36N4/c1-7-21-20(22-14-10-11-15-23(5)17(2)3)24(6)16-19-13-9-8-12-18(19)4/h8-9,12-13,17H,7,10-11,14-16H2,1-6H3,(H,21,22). The highest BCUT2D eigenvalue weighted by Crippen LogP contribution is 2.09. The summed E-state index contributed by atoms with van der Waals surface area (Å²) in [4.78, 5) is 9.40. The first-order valence-electron chi connectivity index (χ1n) is 9.19. The number of rotatable bonds is 9. The predicted molar refractivity (Wildman–Crippen MR) is 106 cm³/mol. The van der Waals surface area contributed by atoms with Gasteiger partial charge < -0.3 is 15.1 Å². The maximum Gasteiger partial charge on any atom is 0.193 e. The molecule has 0 radical (unpaired) electrons. The number of benzene rings is 1. The van der Waals surface area contributed by atoms with Crippen molar-refractivity contribution in [3.05, 3.63) is 35.4 Å². The van der Waals surface area contributed by atoms with Gasteiger partial charge in [-0.25, -0.2) is 0 Å². The number of nitrogens with zero attached hydrogens (tertiary/aromatic N) is 3. The van der Waals surface area contributed by atoms with Crippen LogP contribution >= 0.6 is 0 Å². The van der Waals surface area contributed by atoms with Crippen molar-refractivity contribution in [2.24, 2.45) is 4.99 Å². The minimum Gasteiger partial charge on any atom is -0.357 e. The molecule has 0 amide bonds. The van der Waals surface area contributed by atoms with Gasteiger partial charge in [0.1, 0.15) is 0 Å². The summed E-state index contributed by atoms with van der Waals surface area (Å²) >= 11 is 0. The SMILES string of the molecule is CCNC(=NCCCCN(C)C(C)C)N(C)Cc1ccccc1C. The van der Waals surface area contributed by atoms with Crippen molar-refractivity contribution in [1.82, 2.24) is 15.1 Å². The summed E-state index contributed by atoms with van der Waals surface area (Å²) in [5.74, 6) is 0.998. The highest BCUT2D eigenvalue weighted by atomic mass is 15.3. The summed E-state index contributed by atoms with van der Waals surface area (Å²) in [6.45, 7) is 12.6. The molecule has 0 aliphatic carbocycles. The number of aliphatic imine (C=N–C) groups is 1. The number of aryl methyl sites for hydroxylation is 1. The van der Waals surface area contributed by atoms with Gasteiger partial charge in [-0.3, -0.25) is 4.99 Å². The smallest absolute Gasteiger partial charge is 0.193 e. The van der Waals surface area contributed by atoms with Crippen LogP contribution in [0.3, 0.4) is 0 Å². The first-order valence-corrected chi connectivity index (χ1v) is 9.19. The fourth-order valence-electron chi connectivity index (χ4n) is 2.50. The zero-order valence-electron chi connectivity index (χ0n) is 16.5. The molecule has 1 aromatic carbocycles. The molecule has 0 saturated heterocycles. The maximum absolute atomic E-state index is 4.79. The van der Waals surface area contributed by atoms with Crippen LogP contribution in [-0.2, 0) is 6.54 Å². The number of hydrogen-bond donors (Lipinski definition) is 1. The van der Waals surface area contributed by atoms with Gasteiger partial charge in [-0.15, -0.1) is 0 Å². The van der Waals surface area contributed by atoms with Crippen molar-refractivity contribution in [2.75, 3.05) is 33.7 Å². The fraction of sp³-hybridized carbons (Fsp3) is 0.650. The molecule has 0 aliphatic heterocycles. The van der Waals surface area contributed by atoms with Gasteiger partial charge >= 0.3 is 0 Å². The average Bonchev–Trinajstić information content (AvgIpc) is 2.55. The molecule has 4 nitrogen and oxygen atoms in total. The molecular weight excluding hydrogens is 296 g/mol. The third-order valence-electron chi connectivity index (χ3n) is 4.43. The molecule has 0 bridgehead atoms. The Morgan fingerprint density at radius 2 is 1.88 bits per heavy atom. The summed E-state index contributed by atoms with van der Waals surface area (Å²) in [5, 5.41) is 3.41. The Kier molecular flexibility index (Phi) is 9.46. The highest BCUT2D eigenvalue weighted by Gasteiger charge is 2.08. The lowest BCUT2D eigenvalue weighted by atomic mass is 10.1. The van der Waals surface area contributed by atoms with Crippen molar-refractivity contribution in [1.29, 1.82) is 0 Å². The summed E-state index contributed by atoms with van der Waals surface area (Å²) < 4.78 is 0. The molecule has 1 aromatic rings. The summed E-state index contributed by atoms with van der Waals surface area (Å²) in [5.41, 5.74) is 2.68. The third kappa shape index (κ3) is 7.35. The van der Waals surface area contributed by atoms with Crippen LogP contribution in [-0.4, -0.2) is 55.5 Å². The van der Waals surface area contributed by atoms with E-state index in [4.69, 9.17) is 4.99 Å². The average molecular weight is 333 g/mol. The number of hydrogen-bond acceptors (Lipinski definition) is 2. The largest absolute Gasteiger partial charge is 0.357 e. The molecule has 0 saturated carbocycles. The van der Waals surface area contributed by atoms with Crippen molar-refractivity contribution in [2.45, 2.75) is 53.1 Å². The molecule has 1 N–H and O–H groups in total. The predicted octanol–water partition coefficient (Wildman–Crippen LogP) is 3.51. The molecule has 0 atom stereocenters. The molecule has 0 heterocycles. The van der Waals surface area contributed by atoms with Gasteiger partial charge in [0.2, 0.25) is 0 Å². The van der Waals surface area contributed by atoms with E-state index in [9.17, 15) is 0 Å². The van der Waals surface area contributed by atoms with Gasteiger partial charge in [0, 0.05) is 32.7 Å². The summed E-state index contributed by atoms with van der Waals surface area (Å²) in [7, 11) is 4.30. The zero-order chi connectivity index (χ0) is 17.9. The Bertz CT molecular complexity index is 496. The van der Waals surface area contributed by atoms with Crippen LogP contribution in [0.5, 0.6) is 0 Å². The molecule has 1 rings (SSSR count). The van der Waals surface area contributed by atoms with Crippen LogP contribution < -0.4 is 5.32 Å². The molecule has 0 unspecified atom stereocenters. The second-order valence-corrected chi connectivity index (χ2v) is 6.80. The Morgan fingerprint density at radius 1 is 1.17 bits per heavy atom. The van der Waals surface area contributed by atoms with Crippen LogP contribution in [0.1, 0.15) is 44.7 Å². The van der Waals surface area contributed by atoms with Gasteiger partial charge in [-0.2, -0.15) is 0 Å². The van der Waals surface area contributed by atoms with Crippen molar-refractivity contribution in [3.8, 4) is 0 Å². The third-order valence-corrected chi connectivity index (χ3v) is 4.43. The van der Waals surface area contributed by atoms with E-state index in [1.165, 1.54) is 17.5 Å². The van der Waals surface area contributed by atoms with Crippen molar-refractivity contribution >= 4 is 5.96 Å². The molecule has 0 spiro atoms. The second kappa shape index (κ2) is 11.1. The van der Waals surface area contributed by atoms with E-state index in [-0.39, 0.29) is 0 Å². The number of nitrogens with one attached hydrogen (secondary N) is 1. The van der Waals surface area contributed by atoms with E-state index in [1.807, 2.05) is 0 Å². The van der Waals surface area contributed by atoms with E-state index in [1.54, 1.807) is 0 Å². The van der Waals surface area contributed by atoms with E-state index >= 15 is 0 Å². The highest BCUT2D eigenvalue weighted by molar-refractivity contribution is 5.79. The van der Waals surface area contributed by atoms with Crippen molar-refractivity contribution in [3.63, 3.8) is 0 Å². The Morgan fingerprint density at radius 3 is 2.50 bits per heavy atom. The van der Waals surface area contributed by atoms with Crippen molar-refractivity contribution < 1.29 is 0 Å². The minimum absolute atomic E-state index is 0.617. The van der Waals surface area contributed by atoms with Crippen LogP contribution in [0, 0.1) is 6.92 Å². The lowest BCUT2D eigenvalue weighted by molar-refractivity contribution is 0.269. The molecule has 24 heavy (non-hydrogen) atoms. The number of guanidine groups is 1. The van der Waals surface area contributed by atoms with Crippen LogP contribution in [0.2, 0.25) is 0 Å². The maximum atomic E-state index is 4.79. The molecule has 136 valence electrons. The van der Waals surface area contributed by atoms with Crippen LogP contribution in [0.25, 0.3) is 0 Å². The quantitative estimate of drug-likeness (QED) is 0.426. The Balaban J connectivity index is 2.51. The first kappa shape index (κ1) is 20.5. The topological polar surface area (TPSA) is 30.9 Å². The fourth-order valence-corrected chi connectivity index (χ4v) is 2.50. The van der Waals surface area contributed by atoms with E-state index < -0.39 is 0 Å². The first-order chi connectivity index (χ1) is 11.5. The van der Waals surface area contributed by atoms with E-state index in [0.717, 1.165) is 38.6 Å². The van der Waals surface area contributed by atoms with Gasteiger partial charge in [-0.05, 0) is 65.3 Å². The van der Waals surface area contributed by atoms with Gasteiger partial charge in [0.25, 0.3) is 0 Å². The Hall–Kier alpha value is -1.55. The molecule has 0 aliphatic rings. The Labute approximate surface area is 149 Å². The molecule has 0 aromatic heterocycles. The lowest BCUT2D eigenvalue weighted by Gasteiger charge is -2.23. The van der Waals surface area contributed by atoms with Crippen LogP contribution in [0.15, 0.2) is 29.3 Å². The molecule has 0 fully saturated rings. The lowest BCUT2D eigenvalue weighted by Crippen LogP contribution is -2.38. The van der Waals surface area contributed by atoms with Crippen LogP contribution in [0.4, 0.5) is 0 Å². The normalized spacial score (nSPS) is 12.1. The van der Waals surface area contributed by atoms with Gasteiger partial charge in [0.15, 0.2) is 5.96 Å². The monoisotopic (exact) mass is 332 g/mol. The minimum atomic E-state index is 0.617. The molecule has 4 heteroatoms. The summed E-state index contributed by atoms with van der Waals surface area (Å²) in [6.07, 6.45) is 2.32. The summed E-state index contributed by atoms with van der Waals surface area (Å²) in [6, 6.07) is 9.17.